The van der Waals surface area contributed by atoms with E-state index in [0.717, 1.165) is 25.9 Å². The van der Waals surface area contributed by atoms with E-state index >= 15 is 0 Å². The third-order valence-electron chi connectivity index (χ3n) is 4.59. The highest BCUT2D eigenvalue weighted by molar-refractivity contribution is 6.34. The molecule has 4 N–H and O–H groups in total. The van der Waals surface area contributed by atoms with E-state index in [1.165, 1.54) is 6.92 Å². The van der Waals surface area contributed by atoms with Crippen LogP contribution in [0.25, 0.3) is 0 Å². The Morgan fingerprint density at radius 2 is 1.92 bits per heavy atom. The molecule has 1 fully saturated rings. The number of hydrogen-bond donors (Lipinski definition) is 3. The van der Waals surface area contributed by atoms with Gasteiger partial charge in [0.1, 0.15) is 18.9 Å². The zero-order valence-corrected chi connectivity index (χ0v) is 14.8. The molecule has 0 aromatic heterocycles. The Hall–Kier alpha value is -1.99. The maximum atomic E-state index is 12.3. The van der Waals surface area contributed by atoms with E-state index in [0.29, 0.717) is 41.0 Å². The van der Waals surface area contributed by atoms with Gasteiger partial charge in [-0.15, -0.1) is 0 Å². The molecule has 3 rings (SSSR count). The van der Waals surface area contributed by atoms with Crippen LogP contribution in [0.15, 0.2) is 6.07 Å². The molecule has 0 aliphatic carbocycles. The molecule has 7 nitrogen and oxygen atoms in total. The molecule has 0 radical (unpaired) electrons. The van der Waals surface area contributed by atoms with Crippen LogP contribution in [0.1, 0.15) is 31.2 Å². The molecule has 0 spiro atoms. The highest BCUT2D eigenvalue weighted by atomic mass is 35.5. The molecule has 8 heteroatoms. The van der Waals surface area contributed by atoms with Gasteiger partial charge in [0.15, 0.2) is 11.5 Å². The van der Waals surface area contributed by atoms with Gasteiger partial charge in [-0.05, 0) is 37.9 Å². The van der Waals surface area contributed by atoms with Crippen molar-refractivity contribution in [2.45, 2.75) is 25.7 Å². The van der Waals surface area contributed by atoms with E-state index in [1.807, 2.05) is 0 Å². The van der Waals surface area contributed by atoms with Crippen molar-refractivity contribution >= 4 is 29.1 Å². The smallest absolute Gasteiger partial charge is 0.225 e. The average Bonchev–Trinajstić information content (AvgIpc) is 2.59. The number of rotatable bonds is 4. The number of nitrogens with two attached hydrogens (primary N) is 1. The van der Waals surface area contributed by atoms with Crippen LogP contribution in [0.3, 0.4) is 0 Å². The van der Waals surface area contributed by atoms with Crippen LogP contribution >= 0.6 is 11.6 Å². The highest BCUT2D eigenvalue weighted by Gasteiger charge is 2.35. The summed E-state index contributed by atoms with van der Waals surface area (Å²) in [6.45, 7) is 3.77. The number of fused-ring (bicyclic) bond motifs is 1. The Kier molecular flexibility index (Phi) is 5.34. The average molecular weight is 368 g/mol. The molecule has 2 amide bonds. The second kappa shape index (κ2) is 7.49. The van der Waals surface area contributed by atoms with Gasteiger partial charge in [0, 0.05) is 12.5 Å². The van der Waals surface area contributed by atoms with Gasteiger partial charge >= 0.3 is 0 Å². The first-order valence-electron chi connectivity index (χ1n) is 8.38. The number of carbonyl (C=O) groups excluding carboxylic acids is 2. The molecule has 1 atom stereocenters. The number of carbonyl (C=O) groups is 2. The number of benzene rings is 1. The number of primary amides is 1. The van der Waals surface area contributed by atoms with Gasteiger partial charge in [-0.1, -0.05) is 11.6 Å². The largest absolute Gasteiger partial charge is 0.486 e. The minimum Gasteiger partial charge on any atom is -0.486 e. The summed E-state index contributed by atoms with van der Waals surface area (Å²) in [6.07, 6.45) is 1.68. The number of halogens is 1. The van der Waals surface area contributed by atoms with Gasteiger partial charge in [-0.3, -0.25) is 9.59 Å². The van der Waals surface area contributed by atoms with Crippen molar-refractivity contribution in [2.75, 3.05) is 31.6 Å². The van der Waals surface area contributed by atoms with E-state index in [1.54, 1.807) is 6.07 Å². The van der Waals surface area contributed by atoms with E-state index in [-0.39, 0.29) is 11.8 Å². The highest BCUT2D eigenvalue weighted by Crippen LogP contribution is 2.49. The first-order chi connectivity index (χ1) is 12.0. The van der Waals surface area contributed by atoms with Crippen molar-refractivity contribution < 1.29 is 19.1 Å². The molecule has 1 unspecified atom stereocenters. The van der Waals surface area contributed by atoms with Crippen molar-refractivity contribution in [1.82, 2.24) is 5.32 Å². The fourth-order valence-corrected chi connectivity index (χ4v) is 3.79. The molecule has 1 aromatic rings. The Labute approximate surface area is 151 Å². The quantitative estimate of drug-likeness (QED) is 0.750. The molecule has 0 bridgehead atoms. The summed E-state index contributed by atoms with van der Waals surface area (Å²) < 4.78 is 11.5. The van der Waals surface area contributed by atoms with Crippen molar-refractivity contribution in [1.29, 1.82) is 0 Å². The van der Waals surface area contributed by atoms with Crippen LogP contribution in [0, 0.1) is 5.92 Å². The molecule has 2 aliphatic rings. The van der Waals surface area contributed by atoms with Crippen LogP contribution in [-0.4, -0.2) is 38.1 Å². The van der Waals surface area contributed by atoms with Gasteiger partial charge in [0.2, 0.25) is 11.8 Å². The summed E-state index contributed by atoms with van der Waals surface area (Å²) in [6, 6.07) is 1.66. The summed E-state index contributed by atoms with van der Waals surface area (Å²) in [4.78, 5) is 23.7. The number of ether oxygens (including phenoxy) is 2. The van der Waals surface area contributed by atoms with E-state index in [4.69, 9.17) is 26.8 Å². The number of piperidine rings is 1. The summed E-state index contributed by atoms with van der Waals surface area (Å²) in [5.74, 6) is -0.272. The van der Waals surface area contributed by atoms with E-state index < -0.39 is 11.8 Å². The lowest BCUT2D eigenvalue weighted by atomic mass is 9.79. The maximum Gasteiger partial charge on any atom is 0.225 e. The van der Waals surface area contributed by atoms with Gasteiger partial charge in [0.05, 0.1) is 10.9 Å². The normalized spacial score (nSPS) is 18.5. The second-order valence-corrected chi connectivity index (χ2v) is 6.73. The van der Waals surface area contributed by atoms with Gasteiger partial charge < -0.3 is 25.8 Å². The molecule has 1 aromatic carbocycles. The first-order valence-corrected chi connectivity index (χ1v) is 8.76. The lowest BCUT2D eigenvalue weighted by Gasteiger charge is -2.32. The Morgan fingerprint density at radius 3 is 2.52 bits per heavy atom. The minimum absolute atomic E-state index is 0.107. The molecule has 0 saturated carbocycles. The number of amides is 2. The van der Waals surface area contributed by atoms with E-state index in [2.05, 4.69) is 10.6 Å². The predicted molar refractivity (Wildman–Crippen MR) is 94.3 cm³/mol. The minimum atomic E-state index is -0.513. The van der Waals surface area contributed by atoms with Crippen LogP contribution in [0.4, 0.5) is 5.69 Å². The summed E-state index contributed by atoms with van der Waals surface area (Å²) in [5, 5.41) is 6.26. The fraction of sp³-hybridized carbons (Fsp3) is 0.529. The van der Waals surface area contributed by atoms with Crippen molar-refractivity contribution in [3.05, 3.63) is 16.7 Å². The monoisotopic (exact) mass is 367 g/mol. The van der Waals surface area contributed by atoms with Gasteiger partial charge in [0.25, 0.3) is 0 Å². The Balaban J connectivity index is 2.09. The van der Waals surface area contributed by atoms with Crippen LogP contribution < -0.4 is 25.8 Å². The Bertz CT molecular complexity index is 689. The lowest BCUT2D eigenvalue weighted by Crippen LogP contribution is -2.36. The standard InChI is InChI=1S/C17H22ClN3O4/c1-9(22)21-14-12(18)8-11(15-16(14)25-7-6-24-15)13(17(19)23)10-2-4-20-5-3-10/h8,10,13,20H,2-7H2,1H3,(H2,19,23)(H,21,22). The molecular weight excluding hydrogens is 346 g/mol. The number of nitrogens with one attached hydrogen (secondary N) is 2. The van der Waals surface area contributed by atoms with Crippen LogP contribution in [0.2, 0.25) is 5.02 Å². The molecule has 2 heterocycles. The van der Waals surface area contributed by atoms with Gasteiger partial charge in [-0.25, -0.2) is 0 Å². The predicted octanol–water partition coefficient (Wildman–Crippen LogP) is 1.64. The zero-order valence-electron chi connectivity index (χ0n) is 14.1. The summed E-state index contributed by atoms with van der Waals surface area (Å²) >= 11 is 6.38. The molecule has 136 valence electrons. The molecule has 2 aliphatic heterocycles. The van der Waals surface area contributed by atoms with Crippen molar-refractivity contribution in [3.63, 3.8) is 0 Å². The third kappa shape index (κ3) is 3.67. The third-order valence-corrected chi connectivity index (χ3v) is 4.89. The lowest BCUT2D eigenvalue weighted by molar-refractivity contribution is -0.121. The van der Waals surface area contributed by atoms with Gasteiger partial charge in [-0.2, -0.15) is 0 Å². The number of anilines is 1. The maximum absolute atomic E-state index is 12.3. The summed E-state index contributed by atoms with van der Waals surface area (Å²) in [7, 11) is 0. The number of hydrogen-bond acceptors (Lipinski definition) is 5. The first kappa shape index (κ1) is 17.8. The van der Waals surface area contributed by atoms with Crippen LogP contribution in [-0.2, 0) is 9.59 Å². The SMILES string of the molecule is CC(=O)Nc1c(Cl)cc(C(C(N)=O)C2CCNCC2)c2c1OCCO2. The van der Waals surface area contributed by atoms with Crippen LogP contribution in [0.5, 0.6) is 11.5 Å². The molecule has 1 saturated heterocycles. The fourth-order valence-electron chi connectivity index (χ4n) is 3.54. The second-order valence-electron chi connectivity index (χ2n) is 6.33. The molecular formula is C17H22ClN3O4. The zero-order chi connectivity index (χ0) is 18.0. The van der Waals surface area contributed by atoms with Crippen molar-refractivity contribution in [3.8, 4) is 11.5 Å². The topological polar surface area (TPSA) is 103 Å². The molecule has 25 heavy (non-hydrogen) atoms. The summed E-state index contributed by atoms with van der Waals surface area (Å²) in [5.41, 5.74) is 6.73. The van der Waals surface area contributed by atoms with E-state index in [9.17, 15) is 9.59 Å². The Morgan fingerprint density at radius 1 is 1.28 bits per heavy atom. The van der Waals surface area contributed by atoms with Crippen molar-refractivity contribution in [2.24, 2.45) is 11.7 Å².